The second kappa shape index (κ2) is 6.52. The first-order valence-electron chi connectivity index (χ1n) is 6.61. The molecule has 9 heteroatoms. The molecule has 0 heterocycles. The van der Waals surface area contributed by atoms with Crippen LogP contribution in [0.5, 0.6) is 0 Å². The van der Waals surface area contributed by atoms with Gasteiger partial charge in [0.05, 0.1) is 11.8 Å². The molecule has 0 spiro atoms. The van der Waals surface area contributed by atoms with Crippen molar-refractivity contribution in [2.45, 2.75) is 6.18 Å². The number of carbonyl (C=O) groups is 1. The smallest absolute Gasteiger partial charge is 0.356 e. The van der Waals surface area contributed by atoms with Gasteiger partial charge in [0.25, 0.3) is 5.91 Å². The second-order valence-corrected chi connectivity index (χ2v) is 6.73. The molecule has 5 nitrogen and oxygen atoms in total. The lowest BCUT2D eigenvalue weighted by atomic mass is 10.1. The summed E-state index contributed by atoms with van der Waals surface area (Å²) >= 11 is 0. The number of benzene rings is 2. The van der Waals surface area contributed by atoms with Crippen molar-refractivity contribution in [3.8, 4) is 0 Å². The third-order valence-electron chi connectivity index (χ3n) is 2.90. The number of hydrogen-bond acceptors (Lipinski definition) is 4. The molecule has 0 aliphatic heterocycles. The third kappa shape index (κ3) is 4.98. The summed E-state index contributed by atoms with van der Waals surface area (Å²) in [6, 6.07) is 10.3. The average molecular weight is 358 g/mol. The predicted octanol–water partition coefficient (Wildman–Crippen LogP) is 3.14. The Morgan fingerprint density at radius 1 is 1.00 bits per heavy atom. The van der Waals surface area contributed by atoms with Gasteiger partial charge >= 0.3 is 6.18 Å². The van der Waals surface area contributed by atoms with Crippen molar-refractivity contribution in [2.24, 2.45) is 0 Å². The zero-order valence-corrected chi connectivity index (χ0v) is 13.2. The first-order chi connectivity index (χ1) is 11.0. The predicted molar refractivity (Wildman–Crippen MR) is 83.5 cm³/mol. The number of amides is 1. The van der Waals surface area contributed by atoms with E-state index < -0.39 is 27.7 Å². The summed E-state index contributed by atoms with van der Waals surface area (Å²) in [7, 11) is -3.67. The Morgan fingerprint density at radius 3 is 2.17 bits per heavy atom. The van der Waals surface area contributed by atoms with E-state index in [2.05, 4.69) is 5.32 Å². The van der Waals surface area contributed by atoms with Gasteiger partial charge in [-0.1, -0.05) is 6.07 Å². The highest BCUT2D eigenvalue weighted by molar-refractivity contribution is 7.89. The lowest BCUT2D eigenvalue weighted by Gasteiger charge is -2.11. The monoisotopic (exact) mass is 358 g/mol. The maximum Gasteiger partial charge on any atom is 0.416 e. The van der Waals surface area contributed by atoms with Crippen molar-refractivity contribution in [3.05, 3.63) is 59.7 Å². The molecule has 0 aromatic heterocycles. The molecule has 2 N–H and O–H groups in total. The Hall–Kier alpha value is -2.55. The van der Waals surface area contributed by atoms with Gasteiger partial charge in [0.2, 0.25) is 10.0 Å². The van der Waals surface area contributed by atoms with E-state index in [0.29, 0.717) is 5.69 Å². The van der Waals surface area contributed by atoms with Gasteiger partial charge in [-0.15, -0.1) is 0 Å². The fourth-order valence-electron chi connectivity index (χ4n) is 1.87. The van der Waals surface area contributed by atoms with Crippen LogP contribution in [0.1, 0.15) is 15.9 Å². The lowest BCUT2D eigenvalue weighted by Crippen LogP contribution is -2.29. The maximum atomic E-state index is 12.7. The third-order valence-corrected chi connectivity index (χ3v) is 3.46. The Labute approximate surface area is 136 Å². The molecule has 0 saturated heterocycles. The molecule has 0 bridgehead atoms. The minimum atomic E-state index is -4.44. The lowest BCUT2D eigenvalue weighted by molar-refractivity contribution is -0.137. The largest absolute Gasteiger partial charge is 0.416 e. The molecule has 0 radical (unpaired) electrons. The number of nitrogens with one attached hydrogen (secondary N) is 2. The number of sulfonamides is 1. The zero-order valence-electron chi connectivity index (χ0n) is 12.4. The molecule has 0 unspecified atom stereocenters. The van der Waals surface area contributed by atoms with Gasteiger partial charge in [0.15, 0.2) is 0 Å². The normalized spacial score (nSPS) is 11.8. The minimum absolute atomic E-state index is 0.106. The van der Waals surface area contributed by atoms with Crippen LogP contribution in [0.15, 0.2) is 48.5 Å². The van der Waals surface area contributed by atoms with Crippen molar-refractivity contribution in [1.82, 2.24) is 4.72 Å². The van der Waals surface area contributed by atoms with E-state index in [-0.39, 0.29) is 11.3 Å². The fourth-order valence-corrected chi connectivity index (χ4v) is 2.33. The van der Waals surface area contributed by atoms with Crippen molar-refractivity contribution >= 4 is 27.3 Å². The van der Waals surface area contributed by atoms with E-state index in [1.165, 1.54) is 36.4 Å². The molecule has 0 aliphatic rings. The van der Waals surface area contributed by atoms with Crippen LogP contribution >= 0.6 is 0 Å². The Morgan fingerprint density at radius 2 is 1.62 bits per heavy atom. The quantitative estimate of drug-likeness (QED) is 0.881. The van der Waals surface area contributed by atoms with Gasteiger partial charge in [-0.25, -0.2) is 13.1 Å². The summed E-state index contributed by atoms with van der Waals surface area (Å²) in [4.78, 5) is 11.6. The van der Waals surface area contributed by atoms with E-state index in [4.69, 9.17) is 0 Å². The molecule has 2 rings (SSSR count). The van der Waals surface area contributed by atoms with E-state index in [1.807, 2.05) is 4.72 Å². The van der Waals surface area contributed by atoms with Crippen LogP contribution in [-0.4, -0.2) is 20.6 Å². The van der Waals surface area contributed by atoms with E-state index in [1.54, 1.807) is 0 Å². The standard InChI is InChI=1S/C15H13F3N2O3S/c1-24(22,23)20-14(21)10-5-7-12(8-6-10)19-13-4-2-3-11(9-13)15(16,17)18/h2-9,19H,1H3,(H,20,21). The van der Waals surface area contributed by atoms with E-state index >= 15 is 0 Å². The van der Waals surface area contributed by atoms with Crippen LogP contribution in [0.4, 0.5) is 24.5 Å². The molecule has 0 aliphatic carbocycles. The Balaban J connectivity index is 2.14. The first kappa shape index (κ1) is 17.8. The SMILES string of the molecule is CS(=O)(=O)NC(=O)c1ccc(Nc2cccc(C(F)(F)F)c2)cc1. The van der Waals surface area contributed by atoms with Crippen molar-refractivity contribution in [2.75, 3.05) is 11.6 Å². The summed E-state index contributed by atoms with van der Waals surface area (Å²) in [5.41, 5.74) is 0.00931. The highest BCUT2D eigenvalue weighted by atomic mass is 32.2. The van der Waals surface area contributed by atoms with Crippen LogP contribution in [0, 0.1) is 0 Å². The van der Waals surface area contributed by atoms with Gasteiger partial charge < -0.3 is 5.32 Å². The van der Waals surface area contributed by atoms with Crippen LogP contribution < -0.4 is 10.0 Å². The number of alkyl halides is 3. The van der Waals surface area contributed by atoms with Gasteiger partial charge in [-0.05, 0) is 42.5 Å². The van der Waals surface area contributed by atoms with E-state index in [9.17, 15) is 26.4 Å². The molecule has 1 amide bonds. The molecule has 24 heavy (non-hydrogen) atoms. The summed E-state index contributed by atoms with van der Waals surface area (Å²) in [5.74, 6) is -0.789. The summed E-state index contributed by atoms with van der Waals surface area (Å²) in [6.07, 6.45) is -3.58. The van der Waals surface area contributed by atoms with Crippen LogP contribution in [0.3, 0.4) is 0 Å². The summed E-state index contributed by atoms with van der Waals surface area (Å²) in [6.45, 7) is 0. The fraction of sp³-hybridized carbons (Fsp3) is 0.133. The topological polar surface area (TPSA) is 75.3 Å². The minimum Gasteiger partial charge on any atom is -0.356 e. The highest BCUT2D eigenvalue weighted by Gasteiger charge is 2.30. The number of anilines is 2. The van der Waals surface area contributed by atoms with E-state index in [0.717, 1.165) is 18.4 Å². The number of rotatable bonds is 4. The first-order valence-corrected chi connectivity index (χ1v) is 8.50. The van der Waals surface area contributed by atoms with Crippen molar-refractivity contribution in [3.63, 3.8) is 0 Å². The molecular formula is C15H13F3N2O3S. The van der Waals surface area contributed by atoms with Gasteiger partial charge in [0.1, 0.15) is 0 Å². The highest BCUT2D eigenvalue weighted by Crippen LogP contribution is 2.31. The summed E-state index contributed by atoms with van der Waals surface area (Å²) in [5, 5.41) is 2.78. The van der Waals surface area contributed by atoms with Crippen LogP contribution in [0.25, 0.3) is 0 Å². The molecular weight excluding hydrogens is 345 g/mol. The zero-order chi connectivity index (χ0) is 18.0. The van der Waals surface area contributed by atoms with Gasteiger partial charge in [-0.3, -0.25) is 4.79 Å². The second-order valence-electron chi connectivity index (χ2n) is 4.98. The molecule has 0 atom stereocenters. The molecule has 2 aromatic rings. The molecule has 0 fully saturated rings. The van der Waals surface area contributed by atoms with Crippen LogP contribution in [-0.2, 0) is 16.2 Å². The number of carbonyl (C=O) groups excluding carboxylic acids is 1. The Kier molecular flexibility index (Phi) is 4.83. The average Bonchev–Trinajstić information content (AvgIpc) is 2.45. The Bertz CT molecular complexity index is 847. The number of hydrogen-bond donors (Lipinski definition) is 2. The van der Waals surface area contributed by atoms with Gasteiger partial charge in [0, 0.05) is 16.9 Å². The molecule has 0 saturated carbocycles. The number of halogens is 3. The van der Waals surface area contributed by atoms with Crippen molar-refractivity contribution < 1.29 is 26.4 Å². The van der Waals surface area contributed by atoms with Crippen molar-refractivity contribution in [1.29, 1.82) is 0 Å². The van der Waals surface area contributed by atoms with Crippen LogP contribution in [0.2, 0.25) is 0 Å². The molecule has 128 valence electrons. The maximum absolute atomic E-state index is 12.7. The van der Waals surface area contributed by atoms with Gasteiger partial charge in [-0.2, -0.15) is 13.2 Å². The summed E-state index contributed by atoms with van der Waals surface area (Å²) < 4.78 is 61.8. The molecule has 2 aromatic carbocycles.